The van der Waals surface area contributed by atoms with Crippen LogP contribution in [0.25, 0.3) is 0 Å². The van der Waals surface area contributed by atoms with Crippen LogP contribution in [0.3, 0.4) is 0 Å². The minimum Gasteiger partial charge on any atom is -0.490 e. The Morgan fingerprint density at radius 1 is 1.53 bits per heavy atom. The van der Waals surface area contributed by atoms with E-state index in [-0.39, 0.29) is 11.6 Å². The van der Waals surface area contributed by atoms with E-state index in [1.807, 2.05) is 0 Å². The normalized spacial score (nSPS) is 12.2. The first kappa shape index (κ1) is 12.1. The number of rotatable bonds is 4. The zero-order valence-corrected chi connectivity index (χ0v) is 9.13. The van der Waals surface area contributed by atoms with Crippen LogP contribution in [-0.4, -0.2) is 23.7 Å². The lowest BCUT2D eigenvalue weighted by molar-refractivity contribution is -0.139. The number of ether oxygens (including phenoxy) is 1. The Labute approximate surface area is 96.5 Å². The molecule has 1 aromatic rings. The topological polar surface area (TPSA) is 72.5 Å². The predicted octanol–water partition coefficient (Wildman–Crippen LogP) is 1.78. The molecule has 0 aliphatic carbocycles. The van der Waals surface area contributed by atoms with Gasteiger partial charge < -0.3 is 15.6 Å². The second kappa shape index (κ2) is 5.21. The molecule has 4 nitrogen and oxygen atoms in total. The molecule has 6 heteroatoms. The molecule has 0 saturated heterocycles. The summed E-state index contributed by atoms with van der Waals surface area (Å²) in [6.45, 7) is -0.157. The summed E-state index contributed by atoms with van der Waals surface area (Å²) in [6.07, 6.45) is 0. The van der Waals surface area contributed by atoms with Crippen molar-refractivity contribution in [2.75, 3.05) is 6.61 Å². The summed E-state index contributed by atoms with van der Waals surface area (Å²) in [5, 5.41) is 9.11. The highest BCUT2D eigenvalue weighted by Gasteiger charge is 2.13. The van der Waals surface area contributed by atoms with Gasteiger partial charge in [0.25, 0.3) is 0 Å². The molecule has 82 valence electrons. The van der Waals surface area contributed by atoms with Gasteiger partial charge >= 0.3 is 5.97 Å². The molecule has 15 heavy (non-hydrogen) atoms. The van der Waals surface area contributed by atoms with Crippen molar-refractivity contribution in [1.29, 1.82) is 0 Å². The molecule has 0 amide bonds. The molecule has 0 aliphatic rings. The van der Waals surface area contributed by atoms with Gasteiger partial charge in [-0.25, -0.2) is 0 Å². The number of benzene rings is 1. The van der Waals surface area contributed by atoms with Crippen molar-refractivity contribution in [2.45, 2.75) is 6.04 Å². The minimum absolute atomic E-state index is 0.157. The van der Waals surface area contributed by atoms with Gasteiger partial charge in [-0.1, -0.05) is 29.3 Å². The molecule has 0 saturated carbocycles. The fraction of sp³-hybridized carbons (Fsp3) is 0.222. The number of carboxylic acid groups (broad SMARTS) is 1. The molecule has 0 heterocycles. The summed E-state index contributed by atoms with van der Waals surface area (Å²) in [7, 11) is 0. The molecular formula is C9H9Cl2NO3. The molecule has 1 atom stereocenters. The third-order valence-electron chi connectivity index (χ3n) is 1.65. The monoisotopic (exact) mass is 249 g/mol. The second-order valence-corrected chi connectivity index (χ2v) is 3.59. The first-order valence-electron chi connectivity index (χ1n) is 4.07. The van der Waals surface area contributed by atoms with Gasteiger partial charge in [0.1, 0.15) is 23.4 Å². The van der Waals surface area contributed by atoms with E-state index in [4.69, 9.17) is 38.8 Å². The Bertz CT molecular complexity index is 370. The van der Waals surface area contributed by atoms with Crippen LogP contribution < -0.4 is 10.5 Å². The van der Waals surface area contributed by atoms with Gasteiger partial charge in [0.15, 0.2) is 0 Å². The molecule has 0 fully saturated rings. The zero-order valence-electron chi connectivity index (χ0n) is 7.61. The lowest BCUT2D eigenvalue weighted by atomic mass is 10.3. The second-order valence-electron chi connectivity index (χ2n) is 2.81. The van der Waals surface area contributed by atoms with Crippen molar-refractivity contribution in [3.05, 3.63) is 28.2 Å². The number of carboxylic acids is 1. The third-order valence-corrected chi connectivity index (χ3v) is 2.45. The zero-order chi connectivity index (χ0) is 11.4. The molecule has 1 aromatic carbocycles. The van der Waals surface area contributed by atoms with E-state index >= 15 is 0 Å². The summed E-state index contributed by atoms with van der Waals surface area (Å²) in [5.74, 6) is -0.811. The van der Waals surface area contributed by atoms with Crippen molar-refractivity contribution in [3.8, 4) is 5.75 Å². The van der Waals surface area contributed by atoms with Crippen LogP contribution in [0.5, 0.6) is 5.75 Å². The lowest BCUT2D eigenvalue weighted by Gasteiger charge is -2.10. The van der Waals surface area contributed by atoms with Crippen LogP contribution in [0.4, 0.5) is 0 Å². The molecule has 0 radical (unpaired) electrons. The largest absolute Gasteiger partial charge is 0.490 e. The van der Waals surface area contributed by atoms with Gasteiger partial charge in [-0.05, 0) is 12.1 Å². The van der Waals surface area contributed by atoms with Crippen LogP contribution in [0.1, 0.15) is 0 Å². The number of aliphatic carboxylic acids is 1. The fourth-order valence-corrected chi connectivity index (χ4v) is 1.19. The van der Waals surface area contributed by atoms with Gasteiger partial charge in [-0.3, -0.25) is 4.79 Å². The first-order chi connectivity index (χ1) is 7.02. The highest BCUT2D eigenvalue weighted by Crippen LogP contribution is 2.31. The van der Waals surface area contributed by atoms with Crippen LogP contribution >= 0.6 is 23.2 Å². The smallest absolute Gasteiger partial charge is 0.324 e. The molecular weight excluding hydrogens is 241 g/mol. The maximum Gasteiger partial charge on any atom is 0.324 e. The Morgan fingerprint density at radius 3 is 2.80 bits per heavy atom. The standard InChI is InChI=1S/C9H9Cl2NO3/c10-5-2-1-3-7(8(5)11)15-4-6(12)9(13)14/h1-3,6H,4,12H2,(H,13,14)/t6-/m0/s1. The average Bonchev–Trinajstić information content (AvgIpc) is 2.19. The summed E-state index contributed by atoms with van der Waals surface area (Å²) in [5.41, 5.74) is 5.25. The van der Waals surface area contributed by atoms with Crippen molar-refractivity contribution >= 4 is 29.2 Å². The highest BCUT2D eigenvalue weighted by molar-refractivity contribution is 6.42. The van der Waals surface area contributed by atoms with Crippen molar-refractivity contribution in [3.63, 3.8) is 0 Å². The molecule has 0 unspecified atom stereocenters. The van der Waals surface area contributed by atoms with Crippen LogP contribution in [0.2, 0.25) is 10.0 Å². The van der Waals surface area contributed by atoms with E-state index in [2.05, 4.69) is 0 Å². The van der Waals surface area contributed by atoms with Crippen molar-refractivity contribution in [1.82, 2.24) is 0 Å². The summed E-state index contributed by atoms with van der Waals surface area (Å²) in [6, 6.07) is 3.76. The number of carbonyl (C=O) groups is 1. The molecule has 0 bridgehead atoms. The van der Waals surface area contributed by atoms with Crippen molar-refractivity contribution < 1.29 is 14.6 Å². The lowest BCUT2D eigenvalue weighted by Crippen LogP contribution is -2.36. The first-order valence-corrected chi connectivity index (χ1v) is 4.83. The maximum atomic E-state index is 10.4. The third kappa shape index (κ3) is 3.27. The molecule has 0 spiro atoms. The quantitative estimate of drug-likeness (QED) is 0.854. The average molecular weight is 250 g/mol. The number of hydrogen-bond acceptors (Lipinski definition) is 3. The van der Waals surface area contributed by atoms with Crippen LogP contribution in [0, 0.1) is 0 Å². The molecule has 0 aromatic heterocycles. The Hall–Kier alpha value is -0.970. The minimum atomic E-state index is -1.13. The highest BCUT2D eigenvalue weighted by atomic mass is 35.5. The van der Waals surface area contributed by atoms with Gasteiger partial charge in [0, 0.05) is 0 Å². The maximum absolute atomic E-state index is 10.4. The van der Waals surface area contributed by atoms with Gasteiger partial charge in [0.05, 0.1) is 5.02 Å². The predicted molar refractivity (Wildman–Crippen MR) is 57.6 cm³/mol. The van der Waals surface area contributed by atoms with Crippen LogP contribution in [0.15, 0.2) is 18.2 Å². The summed E-state index contributed by atoms with van der Waals surface area (Å²) < 4.78 is 5.12. The van der Waals surface area contributed by atoms with E-state index in [1.165, 1.54) is 0 Å². The Kier molecular flexibility index (Phi) is 4.20. The Balaban J connectivity index is 2.66. The van der Waals surface area contributed by atoms with E-state index in [1.54, 1.807) is 18.2 Å². The van der Waals surface area contributed by atoms with Gasteiger partial charge in [-0.15, -0.1) is 0 Å². The van der Waals surface area contributed by atoms with E-state index < -0.39 is 12.0 Å². The number of hydrogen-bond donors (Lipinski definition) is 2. The SMILES string of the molecule is N[C@@H](COc1cccc(Cl)c1Cl)C(=O)O. The van der Waals surface area contributed by atoms with Gasteiger partial charge in [-0.2, -0.15) is 0 Å². The van der Waals surface area contributed by atoms with Crippen molar-refractivity contribution in [2.24, 2.45) is 5.73 Å². The fourth-order valence-electron chi connectivity index (χ4n) is 0.846. The number of nitrogens with two attached hydrogens (primary N) is 1. The summed E-state index contributed by atoms with van der Waals surface area (Å²) >= 11 is 11.5. The van der Waals surface area contributed by atoms with E-state index in [9.17, 15) is 4.79 Å². The van der Waals surface area contributed by atoms with Gasteiger partial charge in [0.2, 0.25) is 0 Å². The molecule has 3 N–H and O–H groups in total. The van der Waals surface area contributed by atoms with E-state index in [0.717, 1.165) is 0 Å². The summed E-state index contributed by atoms with van der Waals surface area (Å²) in [4.78, 5) is 10.4. The van der Waals surface area contributed by atoms with E-state index in [0.29, 0.717) is 10.8 Å². The van der Waals surface area contributed by atoms with Crippen LogP contribution in [-0.2, 0) is 4.79 Å². The molecule has 0 aliphatic heterocycles. The number of halogens is 2. The molecule has 1 rings (SSSR count). The Morgan fingerprint density at radius 2 is 2.20 bits per heavy atom.